The lowest BCUT2D eigenvalue weighted by Crippen LogP contribution is -2.34. The molecule has 2 aromatic rings. The molecule has 2 heterocycles. The van der Waals surface area contributed by atoms with Crippen LogP contribution in [-0.2, 0) is 20.8 Å². The minimum absolute atomic E-state index is 0.0501. The number of hydrogen-bond donors (Lipinski definition) is 2. The Morgan fingerprint density at radius 1 is 1.14 bits per heavy atom. The maximum absolute atomic E-state index is 12.5. The van der Waals surface area contributed by atoms with Crippen LogP contribution in [0.25, 0.3) is 11.4 Å². The standard InChI is InChI=1S/C20H21N3O6/c1-12-5-2-3-6-13(12)16-21-14(29-22-16)7-4-8-15(24)23-10-19(17(25)26)9-20(19,11-23)18(27)28/h2-3,5-6H,4,7-11H2,1H3,(H,25,26)(H,27,28)/t19-,20+. The zero-order valence-corrected chi connectivity index (χ0v) is 15.9. The highest BCUT2D eigenvalue weighted by Gasteiger charge is 2.81. The van der Waals surface area contributed by atoms with E-state index in [-0.39, 0.29) is 31.8 Å². The van der Waals surface area contributed by atoms with E-state index in [1.165, 1.54) is 4.90 Å². The monoisotopic (exact) mass is 399 g/mol. The van der Waals surface area contributed by atoms with E-state index >= 15 is 0 Å². The second-order valence-electron chi connectivity index (χ2n) is 7.88. The van der Waals surface area contributed by atoms with Crippen molar-refractivity contribution in [2.24, 2.45) is 10.8 Å². The summed E-state index contributed by atoms with van der Waals surface area (Å²) in [6.45, 7) is 1.86. The first-order valence-corrected chi connectivity index (χ1v) is 9.42. The van der Waals surface area contributed by atoms with Crippen molar-refractivity contribution in [3.8, 4) is 11.4 Å². The molecule has 152 valence electrons. The molecule has 2 atom stereocenters. The van der Waals surface area contributed by atoms with Gasteiger partial charge in [-0.3, -0.25) is 14.4 Å². The fourth-order valence-corrected chi connectivity index (χ4v) is 4.30. The summed E-state index contributed by atoms with van der Waals surface area (Å²) in [4.78, 5) is 41.3. The molecule has 1 saturated carbocycles. The number of carboxylic acid groups (broad SMARTS) is 2. The first-order chi connectivity index (χ1) is 13.8. The summed E-state index contributed by atoms with van der Waals surface area (Å²) < 4.78 is 5.26. The van der Waals surface area contributed by atoms with Crippen molar-refractivity contribution >= 4 is 17.8 Å². The van der Waals surface area contributed by atoms with Gasteiger partial charge in [-0.1, -0.05) is 29.4 Å². The summed E-state index contributed by atoms with van der Waals surface area (Å²) in [6.07, 6.45) is 1.10. The Morgan fingerprint density at radius 3 is 2.41 bits per heavy atom. The van der Waals surface area contributed by atoms with Gasteiger partial charge in [0.25, 0.3) is 0 Å². The van der Waals surface area contributed by atoms with Crippen LogP contribution in [0.1, 0.15) is 30.7 Å². The molecule has 2 fully saturated rings. The fourth-order valence-electron chi connectivity index (χ4n) is 4.30. The van der Waals surface area contributed by atoms with E-state index in [1.54, 1.807) is 0 Å². The number of benzene rings is 1. The van der Waals surface area contributed by atoms with Gasteiger partial charge in [0.05, 0.1) is 0 Å². The molecule has 0 spiro atoms. The maximum atomic E-state index is 12.5. The van der Waals surface area contributed by atoms with Crippen LogP contribution in [0, 0.1) is 17.8 Å². The second-order valence-corrected chi connectivity index (χ2v) is 7.88. The normalized spacial score (nSPS) is 24.9. The van der Waals surface area contributed by atoms with E-state index in [0.717, 1.165) is 11.1 Å². The van der Waals surface area contributed by atoms with Crippen molar-refractivity contribution in [1.29, 1.82) is 0 Å². The molecule has 0 unspecified atom stereocenters. The predicted molar refractivity (Wildman–Crippen MR) is 98.7 cm³/mol. The van der Waals surface area contributed by atoms with Crippen LogP contribution in [0.4, 0.5) is 0 Å². The van der Waals surface area contributed by atoms with Gasteiger partial charge in [-0.25, -0.2) is 0 Å². The van der Waals surface area contributed by atoms with Gasteiger partial charge >= 0.3 is 11.9 Å². The van der Waals surface area contributed by atoms with E-state index in [2.05, 4.69) is 10.1 Å². The van der Waals surface area contributed by atoms with Crippen LogP contribution >= 0.6 is 0 Å². The van der Waals surface area contributed by atoms with Crippen LogP contribution in [0.3, 0.4) is 0 Å². The molecule has 1 amide bonds. The van der Waals surface area contributed by atoms with E-state index < -0.39 is 22.8 Å². The molecule has 2 N–H and O–H groups in total. The minimum atomic E-state index is -1.34. The third kappa shape index (κ3) is 2.97. The van der Waals surface area contributed by atoms with E-state index in [1.807, 2.05) is 31.2 Å². The lowest BCUT2D eigenvalue weighted by molar-refractivity contribution is -0.151. The van der Waals surface area contributed by atoms with Crippen molar-refractivity contribution < 1.29 is 29.1 Å². The average Bonchev–Trinajstić information content (AvgIpc) is 3.00. The van der Waals surface area contributed by atoms with Gasteiger partial charge in [0.1, 0.15) is 10.8 Å². The van der Waals surface area contributed by atoms with Gasteiger partial charge in [0, 0.05) is 31.5 Å². The summed E-state index contributed by atoms with van der Waals surface area (Å²) in [5.74, 6) is -1.63. The Bertz CT molecular complexity index is 974. The number of likely N-dealkylation sites (tertiary alicyclic amines) is 1. The molecule has 29 heavy (non-hydrogen) atoms. The number of rotatable bonds is 7. The molecule has 4 rings (SSSR count). The molecule has 1 saturated heterocycles. The molecule has 2 aliphatic rings. The van der Waals surface area contributed by atoms with Crippen LogP contribution in [0.15, 0.2) is 28.8 Å². The molecular weight excluding hydrogens is 378 g/mol. The van der Waals surface area contributed by atoms with Gasteiger partial charge in [-0.05, 0) is 25.3 Å². The number of aliphatic carboxylic acids is 2. The number of carbonyl (C=O) groups excluding carboxylic acids is 1. The quantitative estimate of drug-likeness (QED) is 0.719. The predicted octanol–water partition coefficient (Wildman–Crippen LogP) is 1.76. The molecule has 0 bridgehead atoms. The van der Waals surface area contributed by atoms with Crippen molar-refractivity contribution in [2.75, 3.05) is 13.1 Å². The number of piperidine rings is 1. The van der Waals surface area contributed by atoms with Gasteiger partial charge in [-0.2, -0.15) is 4.98 Å². The second kappa shape index (κ2) is 6.68. The highest BCUT2D eigenvalue weighted by molar-refractivity contribution is 5.96. The molecule has 1 aliphatic heterocycles. The van der Waals surface area contributed by atoms with Crippen molar-refractivity contribution in [1.82, 2.24) is 15.0 Å². The highest BCUT2D eigenvalue weighted by atomic mass is 16.5. The first kappa shape index (κ1) is 19.1. The maximum Gasteiger partial charge on any atom is 0.312 e. The molecule has 0 radical (unpaired) electrons. The third-order valence-corrected chi connectivity index (χ3v) is 6.12. The summed E-state index contributed by atoms with van der Waals surface area (Å²) >= 11 is 0. The van der Waals surface area contributed by atoms with Gasteiger partial charge in [-0.15, -0.1) is 0 Å². The Balaban J connectivity index is 1.33. The SMILES string of the molecule is Cc1ccccc1-c1noc(CCCC(=O)N2C[C@@]3(C(=O)O)C[C@@]3(C(=O)O)C2)n1. The van der Waals surface area contributed by atoms with Gasteiger partial charge in [0.2, 0.25) is 17.6 Å². The minimum Gasteiger partial charge on any atom is -0.481 e. The topological polar surface area (TPSA) is 134 Å². The van der Waals surface area contributed by atoms with E-state index in [9.17, 15) is 24.6 Å². The van der Waals surface area contributed by atoms with E-state index in [0.29, 0.717) is 24.6 Å². The number of hydrogen-bond acceptors (Lipinski definition) is 6. The van der Waals surface area contributed by atoms with Crippen LogP contribution in [-0.4, -0.2) is 56.2 Å². The number of amides is 1. The third-order valence-electron chi connectivity index (χ3n) is 6.12. The number of nitrogens with zero attached hydrogens (tertiary/aromatic N) is 3. The zero-order chi connectivity index (χ0) is 20.8. The van der Waals surface area contributed by atoms with Crippen LogP contribution in [0.5, 0.6) is 0 Å². The van der Waals surface area contributed by atoms with Crippen molar-refractivity contribution in [3.63, 3.8) is 0 Å². The Hall–Kier alpha value is -3.23. The first-order valence-electron chi connectivity index (χ1n) is 9.42. The molecule has 1 aromatic carbocycles. The summed E-state index contributed by atoms with van der Waals surface area (Å²) in [5, 5.41) is 22.9. The molecule has 9 nitrogen and oxygen atoms in total. The Morgan fingerprint density at radius 2 is 1.79 bits per heavy atom. The molecule has 1 aromatic heterocycles. The number of fused-ring (bicyclic) bond motifs is 1. The molecule has 1 aliphatic carbocycles. The lowest BCUT2D eigenvalue weighted by Gasteiger charge is -2.19. The Labute approximate surface area is 166 Å². The number of carboxylic acids is 2. The summed E-state index contributed by atoms with van der Waals surface area (Å²) in [6, 6.07) is 7.68. The smallest absolute Gasteiger partial charge is 0.312 e. The molecular formula is C20H21N3O6. The van der Waals surface area contributed by atoms with Crippen LogP contribution < -0.4 is 0 Å². The van der Waals surface area contributed by atoms with E-state index in [4.69, 9.17) is 4.52 Å². The zero-order valence-electron chi connectivity index (χ0n) is 15.9. The molecule has 9 heteroatoms. The van der Waals surface area contributed by atoms with Crippen molar-refractivity contribution in [2.45, 2.75) is 32.6 Å². The Kier molecular flexibility index (Phi) is 4.40. The van der Waals surface area contributed by atoms with Crippen molar-refractivity contribution in [3.05, 3.63) is 35.7 Å². The number of carbonyl (C=O) groups is 3. The number of aromatic nitrogens is 2. The van der Waals surface area contributed by atoms with Gasteiger partial charge in [0.15, 0.2) is 0 Å². The lowest BCUT2D eigenvalue weighted by atomic mass is 9.97. The summed E-state index contributed by atoms with van der Waals surface area (Å²) in [7, 11) is 0. The largest absolute Gasteiger partial charge is 0.481 e. The fraction of sp³-hybridized carbons (Fsp3) is 0.450. The van der Waals surface area contributed by atoms with Gasteiger partial charge < -0.3 is 19.6 Å². The van der Waals surface area contributed by atoms with Crippen LogP contribution in [0.2, 0.25) is 0 Å². The average molecular weight is 399 g/mol. The number of aryl methyl sites for hydroxylation is 2. The highest BCUT2D eigenvalue weighted by Crippen LogP contribution is 2.68. The summed E-state index contributed by atoms with van der Waals surface area (Å²) in [5.41, 5.74) is -0.775.